The van der Waals surface area contributed by atoms with Crippen molar-refractivity contribution in [3.63, 3.8) is 0 Å². The van der Waals surface area contributed by atoms with Gasteiger partial charge in [0.05, 0.1) is 29.7 Å². The quantitative estimate of drug-likeness (QED) is 0.566. The van der Waals surface area contributed by atoms with Crippen LogP contribution in [0, 0.1) is 6.92 Å². The van der Waals surface area contributed by atoms with Crippen LogP contribution in [0.4, 0.5) is 0 Å². The van der Waals surface area contributed by atoms with E-state index in [1.54, 1.807) is 18.4 Å². The fraction of sp³-hybridized carbons (Fsp3) is 0.455. The predicted octanol–water partition coefficient (Wildman–Crippen LogP) is 4.30. The van der Waals surface area contributed by atoms with Crippen LogP contribution < -0.4 is 5.32 Å². The summed E-state index contributed by atoms with van der Waals surface area (Å²) in [4.78, 5) is 21.7. The monoisotopic (exact) mass is 413 g/mol. The van der Waals surface area contributed by atoms with Crippen LogP contribution in [0.1, 0.15) is 41.6 Å². The van der Waals surface area contributed by atoms with Crippen LogP contribution in [0.25, 0.3) is 21.3 Å². The Bertz CT molecular complexity index is 959. The number of aryl methyl sites for hydroxylation is 1. The molecule has 1 amide bonds. The number of methoxy groups -OCH3 is 1. The van der Waals surface area contributed by atoms with Gasteiger partial charge in [0.2, 0.25) is 0 Å². The molecule has 6 nitrogen and oxygen atoms in total. The highest BCUT2D eigenvalue weighted by Crippen LogP contribution is 2.31. The Morgan fingerprint density at radius 3 is 2.83 bits per heavy atom. The second-order valence-electron chi connectivity index (χ2n) is 7.59. The number of carbonyl (C=O) groups excluding carboxylic acids is 1. The number of hydrogen-bond acceptors (Lipinski definition) is 5. The lowest BCUT2D eigenvalue weighted by Gasteiger charge is -2.29. The minimum Gasteiger partial charge on any atom is -0.382 e. The van der Waals surface area contributed by atoms with E-state index in [2.05, 4.69) is 21.4 Å². The number of benzene rings is 1. The van der Waals surface area contributed by atoms with E-state index in [0.29, 0.717) is 13.2 Å². The maximum absolute atomic E-state index is 13.2. The molecule has 0 atom stereocenters. The number of aromatic nitrogens is 2. The van der Waals surface area contributed by atoms with Gasteiger partial charge in [-0.25, -0.2) is 0 Å². The number of nitrogens with one attached hydrogen (secondary N) is 2. The van der Waals surface area contributed by atoms with Crippen molar-refractivity contribution >= 4 is 28.1 Å². The molecule has 1 aromatic carbocycles. The van der Waals surface area contributed by atoms with Crippen molar-refractivity contribution in [2.45, 2.75) is 44.8 Å². The normalized spacial score (nSPS) is 19.5. The zero-order chi connectivity index (χ0) is 20.2. The van der Waals surface area contributed by atoms with Gasteiger partial charge in [0.1, 0.15) is 0 Å². The number of amides is 1. The lowest BCUT2D eigenvalue weighted by Crippen LogP contribution is -2.39. The first-order valence-corrected chi connectivity index (χ1v) is 11.0. The summed E-state index contributed by atoms with van der Waals surface area (Å²) in [6, 6.07) is 4.27. The Labute approximate surface area is 174 Å². The second kappa shape index (κ2) is 9.07. The average Bonchev–Trinajstić information content (AvgIpc) is 3.39. The lowest BCUT2D eigenvalue weighted by atomic mass is 9.92. The lowest BCUT2D eigenvalue weighted by molar-refractivity contribution is -0.00408. The Hall–Kier alpha value is -2.22. The number of ether oxygens (including phenoxy) is 2. The van der Waals surface area contributed by atoms with Crippen molar-refractivity contribution in [2.24, 2.45) is 0 Å². The van der Waals surface area contributed by atoms with Crippen LogP contribution in [-0.2, 0) is 9.47 Å². The largest absolute Gasteiger partial charge is 0.382 e. The second-order valence-corrected chi connectivity index (χ2v) is 8.48. The molecule has 0 unspecified atom stereocenters. The Kier molecular flexibility index (Phi) is 6.28. The van der Waals surface area contributed by atoms with Crippen LogP contribution in [0.15, 0.2) is 30.0 Å². The maximum atomic E-state index is 13.2. The average molecular weight is 414 g/mol. The van der Waals surface area contributed by atoms with E-state index in [0.717, 1.165) is 58.2 Å². The van der Waals surface area contributed by atoms with Crippen LogP contribution in [0.2, 0.25) is 0 Å². The van der Waals surface area contributed by atoms with Crippen LogP contribution >= 0.6 is 11.3 Å². The number of fused-ring (bicyclic) bond motifs is 1. The van der Waals surface area contributed by atoms with Crippen LogP contribution in [-0.4, -0.2) is 48.3 Å². The Balaban J connectivity index is 1.48. The predicted molar refractivity (Wildman–Crippen MR) is 115 cm³/mol. The first-order valence-electron chi connectivity index (χ1n) is 10.1. The van der Waals surface area contributed by atoms with E-state index in [-0.39, 0.29) is 18.1 Å². The number of H-pyrrole nitrogens is 1. The van der Waals surface area contributed by atoms with Crippen molar-refractivity contribution in [1.82, 2.24) is 15.3 Å². The van der Waals surface area contributed by atoms with E-state index in [9.17, 15) is 4.79 Å². The van der Waals surface area contributed by atoms with E-state index in [1.807, 2.05) is 30.9 Å². The molecule has 1 aliphatic rings. The number of aromatic amines is 1. The first-order chi connectivity index (χ1) is 14.2. The third-order valence-corrected chi connectivity index (χ3v) is 6.41. The van der Waals surface area contributed by atoms with Gasteiger partial charge in [-0.05, 0) is 55.9 Å². The van der Waals surface area contributed by atoms with Crippen LogP contribution in [0.3, 0.4) is 0 Å². The van der Waals surface area contributed by atoms with E-state index in [4.69, 9.17) is 9.47 Å². The Morgan fingerprint density at radius 1 is 1.28 bits per heavy atom. The van der Waals surface area contributed by atoms with E-state index in [1.165, 1.54) is 0 Å². The highest BCUT2D eigenvalue weighted by molar-refractivity contribution is 7.13. The minimum atomic E-state index is -0.00665. The van der Waals surface area contributed by atoms with E-state index >= 15 is 0 Å². The summed E-state index contributed by atoms with van der Waals surface area (Å²) in [5, 5.41) is 4.25. The molecule has 0 aliphatic heterocycles. The molecule has 2 heterocycles. The zero-order valence-electron chi connectivity index (χ0n) is 16.9. The molecule has 0 radical (unpaired) electrons. The van der Waals surface area contributed by atoms with Gasteiger partial charge in [0, 0.05) is 42.0 Å². The highest BCUT2D eigenvalue weighted by atomic mass is 32.1. The molecule has 154 valence electrons. The summed E-state index contributed by atoms with van der Waals surface area (Å²) in [6.45, 7) is 3.29. The van der Waals surface area contributed by atoms with Gasteiger partial charge in [0.25, 0.3) is 5.91 Å². The van der Waals surface area contributed by atoms with Crippen molar-refractivity contribution in [3.05, 3.63) is 41.2 Å². The van der Waals surface area contributed by atoms with E-state index < -0.39 is 0 Å². The summed E-state index contributed by atoms with van der Waals surface area (Å²) >= 11 is 1.58. The van der Waals surface area contributed by atoms with Gasteiger partial charge in [-0.1, -0.05) is 0 Å². The molecule has 2 N–H and O–H groups in total. The summed E-state index contributed by atoms with van der Waals surface area (Å²) < 4.78 is 10.9. The molecular formula is C22H27N3O3S. The number of thiazole rings is 1. The summed E-state index contributed by atoms with van der Waals surface area (Å²) in [6.07, 6.45) is 7.88. The molecule has 1 saturated carbocycles. The molecule has 4 rings (SSSR count). The topological polar surface area (TPSA) is 76.2 Å². The van der Waals surface area contributed by atoms with Gasteiger partial charge >= 0.3 is 0 Å². The molecule has 29 heavy (non-hydrogen) atoms. The minimum absolute atomic E-state index is 0.00665. The van der Waals surface area contributed by atoms with Gasteiger partial charge in [-0.15, -0.1) is 11.3 Å². The molecule has 1 aliphatic carbocycles. The van der Waals surface area contributed by atoms with Gasteiger partial charge in [0.15, 0.2) is 0 Å². The van der Waals surface area contributed by atoms with Crippen LogP contribution in [0.5, 0.6) is 0 Å². The molecule has 7 heteroatoms. The van der Waals surface area contributed by atoms with Crippen molar-refractivity contribution in [1.29, 1.82) is 0 Å². The standard InChI is InChI=1S/C22H27N3O3S/c1-14-11-24-19-10-15(20-12-23-13-29-20)9-18(21(14)19)22(26)25-16-3-5-17(6-4-16)28-8-7-27-2/h9-13,16-17,24H,3-8H2,1-2H3,(H,25,26)/t16-,17-. The van der Waals surface area contributed by atoms with Crippen molar-refractivity contribution in [2.75, 3.05) is 20.3 Å². The SMILES string of the molecule is COCCO[C@H]1CC[C@H](NC(=O)c2cc(-c3cncs3)cc3[nH]cc(C)c23)CC1. The summed E-state index contributed by atoms with van der Waals surface area (Å²) in [7, 11) is 1.68. The molecule has 0 bridgehead atoms. The van der Waals surface area contributed by atoms with Gasteiger partial charge in [-0.3, -0.25) is 9.78 Å². The zero-order valence-corrected chi connectivity index (χ0v) is 17.7. The summed E-state index contributed by atoms with van der Waals surface area (Å²) in [5.74, 6) is -0.00665. The smallest absolute Gasteiger partial charge is 0.252 e. The molecule has 0 spiro atoms. The fourth-order valence-electron chi connectivity index (χ4n) is 4.05. The molecule has 0 saturated heterocycles. The Morgan fingerprint density at radius 2 is 2.10 bits per heavy atom. The maximum Gasteiger partial charge on any atom is 0.252 e. The third kappa shape index (κ3) is 4.52. The summed E-state index contributed by atoms with van der Waals surface area (Å²) in [5.41, 5.74) is 5.61. The third-order valence-electron chi connectivity index (χ3n) is 5.59. The molecule has 2 aromatic heterocycles. The number of carbonyl (C=O) groups is 1. The number of hydrogen-bond donors (Lipinski definition) is 2. The molecular weight excluding hydrogens is 386 g/mol. The van der Waals surface area contributed by atoms with Crippen molar-refractivity contribution < 1.29 is 14.3 Å². The highest BCUT2D eigenvalue weighted by Gasteiger charge is 2.24. The van der Waals surface area contributed by atoms with Gasteiger partial charge < -0.3 is 19.8 Å². The van der Waals surface area contributed by atoms with Gasteiger partial charge in [-0.2, -0.15) is 0 Å². The number of rotatable bonds is 7. The first kappa shape index (κ1) is 20.1. The molecule has 3 aromatic rings. The van der Waals surface area contributed by atoms with Crippen molar-refractivity contribution in [3.8, 4) is 10.4 Å². The fourth-order valence-corrected chi connectivity index (χ4v) is 4.66. The number of nitrogens with zero attached hydrogens (tertiary/aromatic N) is 1. The molecule has 1 fully saturated rings.